The zero-order chi connectivity index (χ0) is 22.1. The highest BCUT2D eigenvalue weighted by molar-refractivity contribution is 6.41. The monoisotopic (exact) mass is 427 g/mol. The predicted octanol–water partition coefficient (Wildman–Crippen LogP) is 4.87. The molecule has 0 bridgehead atoms. The van der Waals surface area contributed by atoms with E-state index >= 15 is 0 Å². The molecule has 0 amide bonds. The highest BCUT2D eigenvalue weighted by Crippen LogP contribution is 2.71. The van der Waals surface area contributed by atoms with Crippen LogP contribution in [0.2, 0.25) is 0 Å². The lowest BCUT2D eigenvalue weighted by Crippen LogP contribution is -2.57. The summed E-state index contributed by atoms with van der Waals surface area (Å²) in [4.78, 5) is 30.8. The maximum atomic E-state index is 13.2. The molecule has 0 unspecified atom stereocenters. The van der Waals surface area contributed by atoms with Gasteiger partial charge in [-0.1, -0.05) is 27.7 Å². The number of fused-ring (bicyclic) bond motifs is 5. The van der Waals surface area contributed by atoms with Crippen molar-refractivity contribution in [3.8, 4) is 0 Å². The third-order valence-electron chi connectivity index (χ3n) is 11.1. The van der Waals surface area contributed by atoms with E-state index in [4.69, 9.17) is 4.99 Å². The van der Waals surface area contributed by atoms with Crippen LogP contribution in [0, 0.1) is 52.3 Å². The second-order valence-electron chi connectivity index (χ2n) is 12.4. The van der Waals surface area contributed by atoms with E-state index in [9.17, 15) is 14.7 Å². The Morgan fingerprint density at radius 3 is 2.48 bits per heavy atom. The molecule has 1 N–H and O–H groups in total. The Morgan fingerprint density at radius 2 is 1.74 bits per heavy atom. The van der Waals surface area contributed by atoms with Gasteiger partial charge in [0.1, 0.15) is 5.78 Å². The molecule has 4 aliphatic carbocycles. The summed E-state index contributed by atoms with van der Waals surface area (Å²) in [5.41, 5.74) is 1.19. The smallest absolute Gasteiger partial charge is 0.177 e. The molecular formula is C27H41NO3. The summed E-state index contributed by atoms with van der Waals surface area (Å²) < 4.78 is 0. The Hall–Kier alpha value is -1.03. The highest BCUT2D eigenvalue weighted by Gasteiger charge is 2.65. The number of carbonyl (C=O) groups excluding carboxylic acids is 2. The van der Waals surface area contributed by atoms with E-state index in [-0.39, 0.29) is 34.6 Å². The third kappa shape index (κ3) is 3.14. The van der Waals surface area contributed by atoms with Crippen LogP contribution in [0.4, 0.5) is 0 Å². The van der Waals surface area contributed by atoms with Gasteiger partial charge < -0.3 is 5.11 Å². The second-order valence-corrected chi connectivity index (χ2v) is 12.4. The number of carbonyl (C=O) groups is 2. The van der Waals surface area contributed by atoms with E-state index < -0.39 is 0 Å². The van der Waals surface area contributed by atoms with Gasteiger partial charge in [-0.2, -0.15) is 0 Å². The van der Waals surface area contributed by atoms with Crippen LogP contribution in [0.5, 0.6) is 0 Å². The first-order valence-corrected chi connectivity index (χ1v) is 12.9. The molecule has 4 nitrogen and oxygen atoms in total. The topological polar surface area (TPSA) is 66.7 Å². The maximum Gasteiger partial charge on any atom is 0.177 e. The Bertz CT molecular complexity index is 804. The number of Topliss-reactive ketones (excluding diaryl/α,β-unsaturated/α-hetero) is 2. The van der Waals surface area contributed by atoms with Gasteiger partial charge in [0.05, 0.1) is 11.8 Å². The van der Waals surface area contributed by atoms with Crippen LogP contribution in [-0.2, 0) is 9.59 Å². The number of aliphatic imine (C=N–C) groups is 1. The molecule has 0 aromatic carbocycles. The van der Waals surface area contributed by atoms with Gasteiger partial charge in [0.25, 0.3) is 0 Å². The summed E-state index contributed by atoms with van der Waals surface area (Å²) in [6.45, 7) is 10.1. The lowest BCUT2D eigenvalue weighted by Gasteiger charge is -2.61. The molecule has 1 heterocycles. The number of hydrogen-bond donors (Lipinski definition) is 1. The molecule has 4 heteroatoms. The summed E-state index contributed by atoms with van der Waals surface area (Å²) in [5, 5.41) is 10.2. The molecule has 172 valence electrons. The fourth-order valence-electron chi connectivity index (χ4n) is 9.23. The summed E-state index contributed by atoms with van der Waals surface area (Å²) in [5.74, 6) is 3.47. The zero-order valence-electron chi connectivity index (χ0n) is 19.9. The van der Waals surface area contributed by atoms with Crippen molar-refractivity contribution in [1.29, 1.82) is 0 Å². The summed E-state index contributed by atoms with van der Waals surface area (Å²) in [6, 6.07) is 0. The molecule has 4 saturated carbocycles. The first-order valence-electron chi connectivity index (χ1n) is 12.9. The molecular weight excluding hydrogens is 386 g/mol. The quantitative estimate of drug-likeness (QED) is 0.683. The Labute approximate surface area is 187 Å². The van der Waals surface area contributed by atoms with Gasteiger partial charge in [0.15, 0.2) is 5.78 Å². The molecule has 0 spiro atoms. The van der Waals surface area contributed by atoms with E-state index in [0.29, 0.717) is 54.6 Å². The van der Waals surface area contributed by atoms with Gasteiger partial charge in [0, 0.05) is 31.2 Å². The van der Waals surface area contributed by atoms with Crippen molar-refractivity contribution in [3.05, 3.63) is 0 Å². The van der Waals surface area contributed by atoms with Gasteiger partial charge >= 0.3 is 0 Å². The van der Waals surface area contributed by atoms with Crippen molar-refractivity contribution in [2.45, 2.75) is 91.6 Å². The molecule has 0 aromatic heterocycles. The molecule has 5 rings (SSSR count). The van der Waals surface area contributed by atoms with Crippen molar-refractivity contribution in [2.75, 3.05) is 6.54 Å². The number of rotatable bonds is 2. The molecule has 4 fully saturated rings. The molecule has 10 atom stereocenters. The Kier molecular flexibility index (Phi) is 5.27. The van der Waals surface area contributed by atoms with E-state index in [1.54, 1.807) is 0 Å². The minimum atomic E-state index is -0.278. The molecule has 5 aliphatic rings. The lowest BCUT2D eigenvalue weighted by molar-refractivity contribution is -0.156. The minimum absolute atomic E-state index is 0.102. The number of aliphatic hydroxyl groups excluding tert-OH is 1. The molecule has 0 saturated heterocycles. The highest BCUT2D eigenvalue weighted by atomic mass is 16.3. The van der Waals surface area contributed by atoms with Gasteiger partial charge in [-0.3, -0.25) is 14.6 Å². The summed E-state index contributed by atoms with van der Waals surface area (Å²) >= 11 is 0. The lowest BCUT2D eigenvalue weighted by atomic mass is 9.43. The number of aliphatic hydroxyl groups is 1. The zero-order valence-corrected chi connectivity index (χ0v) is 19.9. The van der Waals surface area contributed by atoms with Gasteiger partial charge in [-0.15, -0.1) is 0 Å². The number of hydrogen-bond acceptors (Lipinski definition) is 4. The van der Waals surface area contributed by atoms with Crippen LogP contribution in [0.25, 0.3) is 0 Å². The third-order valence-corrected chi connectivity index (χ3v) is 11.1. The molecule has 31 heavy (non-hydrogen) atoms. The largest absolute Gasteiger partial charge is 0.393 e. The fourth-order valence-corrected chi connectivity index (χ4v) is 9.23. The van der Waals surface area contributed by atoms with Gasteiger partial charge in [-0.05, 0) is 85.4 Å². The van der Waals surface area contributed by atoms with Crippen LogP contribution in [0.3, 0.4) is 0 Å². The molecule has 1 aliphatic heterocycles. The van der Waals surface area contributed by atoms with E-state index in [1.165, 1.54) is 19.3 Å². The first-order chi connectivity index (χ1) is 14.7. The maximum absolute atomic E-state index is 13.2. The average molecular weight is 428 g/mol. The summed E-state index contributed by atoms with van der Waals surface area (Å²) in [6.07, 6.45) is 8.41. The fraction of sp³-hybridized carbons (Fsp3) is 0.889. The van der Waals surface area contributed by atoms with Crippen LogP contribution in [0.1, 0.15) is 85.5 Å². The Morgan fingerprint density at radius 1 is 1.00 bits per heavy atom. The molecule has 0 radical (unpaired) electrons. The van der Waals surface area contributed by atoms with Gasteiger partial charge in [0.2, 0.25) is 0 Å². The standard InChI is InChI=1S/C27H41NO3/c1-15-11-24(31)25(28-14-15)16(2)21-8-10-27(4)22-13-23(30)20-12-17(29)5-6-18(20)19(22)7-9-26(21,27)3/h15-22,29H,5-14H2,1-4H3/t15-,16+,17+,18-,19-,20+,21-,22-,26-,27+/m1/s1. The average Bonchev–Trinajstić information content (AvgIpc) is 3.00. The van der Waals surface area contributed by atoms with E-state index in [1.807, 2.05) is 0 Å². The number of ketones is 2. The van der Waals surface area contributed by atoms with Crippen LogP contribution < -0.4 is 0 Å². The molecule has 0 aromatic rings. The SMILES string of the molecule is C[C@H]1CN=C([C@@H](C)[C@H]2CC[C@@]3(C)[C@@H]4CC(=O)[C@H]5C[C@@H](O)CC[C@@H]5[C@H]4CC[C@]23C)C(=O)C1. The second kappa shape index (κ2) is 7.50. The van der Waals surface area contributed by atoms with Crippen LogP contribution in [0.15, 0.2) is 4.99 Å². The van der Waals surface area contributed by atoms with Crippen molar-refractivity contribution >= 4 is 17.3 Å². The number of nitrogens with zero attached hydrogens (tertiary/aromatic N) is 1. The van der Waals surface area contributed by atoms with Crippen LogP contribution in [-0.4, -0.2) is 35.0 Å². The first kappa shape index (κ1) is 21.8. The van der Waals surface area contributed by atoms with Crippen molar-refractivity contribution < 1.29 is 14.7 Å². The Balaban J connectivity index is 1.42. The minimum Gasteiger partial charge on any atom is -0.393 e. The van der Waals surface area contributed by atoms with E-state index in [2.05, 4.69) is 27.7 Å². The van der Waals surface area contributed by atoms with Crippen LogP contribution >= 0.6 is 0 Å². The normalized spacial score (nSPS) is 50.9. The van der Waals surface area contributed by atoms with Gasteiger partial charge in [-0.25, -0.2) is 0 Å². The van der Waals surface area contributed by atoms with Crippen molar-refractivity contribution in [2.24, 2.45) is 57.2 Å². The van der Waals surface area contributed by atoms with Crippen molar-refractivity contribution in [3.63, 3.8) is 0 Å². The summed E-state index contributed by atoms with van der Waals surface area (Å²) in [7, 11) is 0. The van der Waals surface area contributed by atoms with Crippen molar-refractivity contribution in [1.82, 2.24) is 0 Å². The van der Waals surface area contributed by atoms with E-state index in [0.717, 1.165) is 31.5 Å². The predicted molar refractivity (Wildman–Crippen MR) is 122 cm³/mol.